The highest BCUT2D eigenvalue weighted by Gasteiger charge is 2.33. The van der Waals surface area contributed by atoms with Crippen molar-refractivity contribution in [3.63, 3.8) is 0 Å². The van der Waals surface area contributed by atoms with E-state index in [9.17, 15) is 22.4 Å². The van der Waals surface area contributed by atoms with Crippen molar-refractivity contribution in [2.45, 2.75) is 76.5 Å². The predicted octanol–water partition coefficient (Wildman–Crippen LogP) is 4.86. The van der Waals surface area contributed by atoms with Crippen LogP contribution in [0.25, 0.3) is 0 Å². The van der Waals surface area contributed by atoms with Crippen LogP contribution in [0.1, 0.15) is 60.8 Å². The van der Waals surface area contributed by atoms with E-state index in [1.807, 2.05) is 31.5 Å². The summed E-state index contributed by atoms with van der Waals surface area (Å²) in [5.74, 6) is -0.846. The minimum atomic E-state index is -4.63. The van der Waals surface area contributed by atoms with Crippen molar-refractivity contribution in [2.24, 2.45) is 4.99 Å². The van der Waals surface area contributed by atoms with E-state index in [1.165, 1.54) is 11.3 Å². The number of carbonyl (C=O) groups is 1. The molecule has 2 fully saturated rings. The fraction of sp³-hybridized carbons (Fsp3) is 0.600. The van der Waals surface area contributed by atoms with Crippen molar-refractivity contribution in [3.05, 3.63) is 45.2 Å². The molecule has 1 aromatic carbocycles. The number of halogens is 4. The van der Waals surface area contributed by atoms with Gasteiger partial charge in [0.2, 0.25) is 0 Å². The van der Waals surface area contributed by atoms with Crippen molar-refractivity contribution in [2.75, 3.05) is 19.8 Å². The lowest BCUT2D eigenvalue weighted by Crippen LogP contribution is -2.28. The summed E-state index contributed by atoms with van der Waals surface area (Å²) in [6.45, 7) is 7.52. The van der Waals surface area contributed by atoms with Gasteiger partial charge in [0, 0.05) is 30.3 Å². The Hall–Kier alpha value is -2.24. The van der Waals surface area contributed by atoms with Crippen LogP contribution >= 0.6 is 11.3 Å². The molecular weight excluding hydrogens is 498 g/mol. The zero-order valence-electron chi connectivity index (χ0n) is 20.5. The Morgan fingerprint density at radius 1 is 1.31 bits per heavy atom. The van der Waals surface area contributed by atoms with E-state index < -0.39 is 23.8 Å². The molecule has 3 atom stereocenters. The van der Waals surface area contributed by atoms with Crippen LogP contribution in [0.5, 0.6) is 5.75 Å². The van der Waals surface area contributed by atoms with Crippen molar-refractivity contribution < 1.29 is 31.8 Å². The van der Waals surface area contributed by atoms with Crippen molar-refractivity contribution in [1.82, 2.24) is 9.88 Å². The molecule has 0 bridgehead atoms. The molecule has 0 spiro atoms. The van der Waals surface area contributed by atoms with Gasteiger partial charge in [-0.15, -0.1) is 11.3 Å². The number of amides is 1. The molecule has 3 heterocycles. The number of carbonyl (C=O) groups excluding carboxylic acids is 1. The van der Waals surface area contributed by atoms with Crippen molar-refractivity contribution in [3.8, 4) is 5.75 Å². The van der Waals surface area contributed by atoms with E-state index in [1.54, 1.807) is 0 Å². The number of nitrogens with zero attached hydrogens (tertiary/aromatic N) is 2. The Labute approximate surface area is 211 Å². The van der Waals surface area contributed by atoms with Gasteiger partial charge in [-0.25, -0.2) is 4.39 Å². The number of alkyl halides is 4. The molecule has 11 heteroatoms. The lowest BCUT2D eigenvalue weighted by atomic mass is 9.95. The predicted molar refractivity (Wildman–Crippen MR) is 128 cm³/mol. The molecule has 0 aliphatic carbocycles. The highest BCUT2D eigenvalue weighted by atomic mass is 32.1. The second kappa shape index (κ2) is 10.6. The molecule has 1 N–H and O–H groups in total. The molecule has 2 saturated heterocycles. The molecule has 0 saturated carbocycles. The number of thiazole rings is 1. The van der Waals surface area contributed by atoms with Crippen LogP contribution in [0.4, 0.5) is 17.6 Å². The van der Waals surface area contributed by atoms with Gasteiger partial charge in [-0.05, 0) is 42.9 Å². The Morgan fingerprint density at radius 3 is 2.69 bits per heavy atom. The zero-order valence-corrected chi connectivity index (χ0v) is 21.3. The van der Waals surface area contributed by atoms with Gasteiger partial charge in [-0.1, -0.05) is 20.8 Å². The largest absolute Gasteiger partial charge is 0.491 e. The fourth-order valence-electron chi connectivity index (χ4n) is 4.19. The van der Waals surface area contributed by atoms with Gasteiger partial charge in [0.05, 0.1) is 23.8 Å². The molecule has 1 aromatic heterocycles. The molecule has 36 heavy (non-hydrogen) atoms. The van der Waals surface area contributed by atoms with Gasteiger partial charge < -0.3 is 19.4 Å². The van der Waals surface area contributed by atoms with Crippen LogP contribution in [0, 0.1) is 0 Å². The minimum absolute atomic E-state index is 0.00726. The summed E-state index contributed by atoms with van der Waals surface area (Å²) in [5, 5.41) is 2.96. The maximum absolute atomic E-state index is 13.5. The van der Waals surface area contributed by atoms with Crippen LogP contribution in [0.3, 0.4) is 0 Å². The third-order valence-corrected chi connectivity index (χ3v) is 7.67. The summed E-state index contributed by atoms with van der Waals surface area (Å²) in [7, 11) is 0. The van der Waals surface area contributed by atoms with Crippen molar-refractivity contribution in [1.29, 1.82) is 0 Å². The van der Waals surface area contributed by atoms with Gasteiger partial charge in [-0.2, -0.15) is 18.2 Å². The molecule has 0 unspecified atom stereocenters. The average molecular weight is 530 g/mol. The Balaban J connectivity index is 1.68. The first kappa shape index (κ1) is 26.8. The summed E-state index contributed by atoms with van der Waals surface area (Å²) in [6.07, 6.45) is -1.63. The lowest BCUT2D eigenvalue weighted by Gasteiger charge is -2.15. The summed E-state index contributed by atoms with van der Waals surface area (Å²) in [4.78, 5) is 18.9. The quantitative estimate of drug-likeness (QED) is 0.543. The number of benzene rings is 1. The fourth-order valence-corrected chi connectivity index (χ4v) is 5.24. The summed E-state index contributed by atoms with van der Waals surface area (Å²) < 4.78 is 67.1. The molecule has 198 valence electrons. The van der Waals surface area contributed by atoms with Gasteiger partial charge >= 0.3 is 6.18 Å². The molecule has 4 rings (SSSR count). The van der Waals surface area contributed by atoms with Crippen LogP contribution in [0.15, 0.2) is 29.4 Å². The lowest BCUT2D eigenvalue weighted by molar-refractivity contribution is -0.137. The maximum atomic E-state index is 13.5. The number of hydrogen-bond acceptors (Lipinski definition) is 5. The van der Waals surface area contributed by atoms with E-state index in [0.717, 1.165) is 35.9 Å². The molecule has 2 aliphatic rings. The van der Waals surface area contributed by atoms with Crippen LogP contribution in [0.2, 0.25) is 0 Å². The molecular formula is C25H31F4N3O3S. The SMILES string of the molecule is CC(C)(C)c1cn(C[C@H]2CCCO2)/c(=N/C(=O)c2cc(C(F)(F)F)ccc2OC[C@@H]2C[C@@H](F)CN2)s1. The third-order valence-electron chi connectivity index (χ3n) is 6.23. The van der Waals surface area contributed by atoms with Gasteiger partial charge in [0.15, 0.2) is 4.80 Å². The topological polar surface area (TPSA) is 64.9 Å². The van der Waals surface area contributed by atoms with E-state index in [0.29, 0.717) is 18.0 Å². The van der Waals surface area contributed by atoms with E-state index in [4.69, 9.17) is 9.47 Å². The van der Waals surface area contributed by atoms with Gasteiger partial charge in [0.1, 0.15) is 18.5 Å². The zero-order chi connectivity index (χ0) is 26.1. The highest BCUT2D eigenvalue weighted by molar-refractivity contribution is 7.09. The number of aromatic nitrogens is 1. The highest BCUT2D eigenvalue weighted by Crippen LogP contribution is 2.33. The van der Waals surface area contributed by atoms with Crippen molar-refractivity contribution >= 4 is 17.2 Å². The van der Waals surface area contributed by atoms with Crippen LogP contribution < -0.4 is 14.9 Å². The van der Waals surface area contributed by atoms with E-state index in [-0.39, 0.29) is 48.4 Å². The summed E-state index contributed by atoms with van der Waals surface area (Å²) >= 11 is 1.33. The van der Waals surface area contributed by atoms with Gasteiger partial charge in [0.25, 0.3) is 5.91 Å². The summed E-state index contributed by atoms with van der Waals surface area (Å²) in [6, 6.07) is 2.47. The molecule has 1 amide bonds. The normalized spacial score (nSPS) is 23.4. The maximum Gasteiger partial charge on any atom is 0.416 e. The average Bonchev–Trinajstić information content (AvgIpc) is 3.54. The van der Waals surface area contributed by atoms with Gasteiger partial charge in [-0.3, -0.25) is 4.79 Å². The number of hydrogen-bond donors (Lipinski definition) is 1. The van der Waals surface area contributed by atoms with Crippen LogP contribution in [-0.2, 0) is 22.9 Å². The molecule has 2 aliphatic heterocycles. The Bertz CT molecular complexity index is 1150. The smallest absolute Gasteiger partial charge is 0.416 e. The molecule has 2 aromatic rings. The van der Waals surface area contributed by atoms with E-state index in [2.05, 4.69) is 10.3 Å². The number of nitrogens with one attached hydrogen (secondary N) is 1. The second-order valence-electron chi connectivity index (χ2n) is 10.3. The van der Waals surface area contributed by atoms with Crippen LogP contribution in [-0.4, -0.2) is 48.6 Å². The van der Waals surface area contributed by atoms with E-state index >= 15 is 0 Å². The first-order valence-corrected chi connectivity index (χ1v) is 12.8. The summed E-state index contributed by atoms with van der Waals surface area (Å²) in [5.41, 5.74) is -1.45. The second-order valence-corrected chi connectivity index (χ2v) is 11.3. The first-order valence-electron chi connectivity index (χ1n) is 12.0. The number of rotatable bonds is 6. The molecule has 6 nitrogen and oxygen atoms in total. The third kappa shape index (κ3) is 6.54. The standard InChI is InChI=1S/C25H31F4N3O3S/c1-24(2,3)21-13-32(12-18-5-4-8-34-18)23(36-21)31-22(33)19-9-15(25(27,28)29)6-7-20(19)35-14-17-10-16(26)11-30-17/h6-7,9,13,16-18,30H,4-5,8,10-12,14H2,1-3H3/b31-23-/t16-,17+,18-/m1/s1. The minimum Gasteiger partial charge on any atom is -0.491 e. The first-order chi connectivity index (χ1) is 16.9. The Kier molecular flexibility index (Phi) is 7.92. The number of ether oxygens (including phenoxy) is 2. The molecule has 0 radical (unpaired) electrons. The monoisotopic (exact) mass is 529 g/mol. The Morgan fingerprint density at radius 2 is 2.08 bits per heavy atom.